The van der Waals surface area contributed by atoms with Gasteiger partial charge in [0.1, 0.15) is 12.1 Å². The van der Waals surface area contributed by atoms with E-state index in [2.05, 4.69) is 16.0 Å². The number of hydrogen-bond acceptors (Lipinski definition) is 8. The number of aliphatic hydroxyl groups excluding tert-OH is 1. The number of imide groups is 1. The number of unbranched alkanes of at least 4 members (excludes halogenated alkanes) is 3. The van der Waals surface area contributed by atoms with E-state index in [0.29, 0.717) is 38.6 Å². The number of nitrogens with one attached hydrogen (secondary N) is 3. The van der Waals surface area contributed by atoms with E-state index in [-0.39, 0.29) is 31.2 Å². The van der Waals surface area contributed by atoms with Crippen molar-refractivity contribution >= 4 is 43.1 Å². The maximum atomic E-state index is 12.8. The maximum Gasteiger partial charge on any atom is 0.253 e. The molecule has 0 saturated heterocycles. The fourth-order valence-electron chi connectivity index (χ4n) is 3.44. The highest BCUT2D eigenvalue weighted by Crippen LogP contribution is 2.08. The van der Waals surface area contributed by atoms with Crippen LogP contribution in [0.5, 0.6) is 0 Å². The van der Waals surface area contributed by atoms with Gasteiger partial charge in [-0.15, -0.1) is 0 Å². The standard InChI is InChI=1S/C23H36BN5O7/c1-14(21(24)34)26-22(35)16(8-5-6-12-25)27-23(36)20(15(2)30)28-17(31)9-4-3-7-13-29-18(32)10-11-19(29)33/h10-11,14-16,20,30H,3-9,12-13,25H2,1-2H3,(H,26,35)(H,27,36)(H,28,31)/t14-,15+,16-,20-/m0/s1. The van der Waals surface area contributed by atoms with Crippen molar-refractivity contribution in [1.29, 1.82) is 0 Å². The van der Waals surface area contributed by atoms with Gasteiger partial charge in [0.2, 0.25) is 17.7 Å². The van der Waals surface area contributed by atoms with Gasteiger partial charge in [-0.25, -0.2) is 0 Å². The van der Waals surface area contributed by atoms with Gasteiger partial charge in [0.25, 0.3) is 11.8 Å². The summed E-state index contributed by atoms with van der Waals surface area (Å²) < 4.78 is 0. The topological polar surface area (TPSA) is 188 Å². The van der Waals surface area contributed by atoms with Crippen LogP contribution in [0.2, 0.25) is 0 Å². The third kappa shape index (κ3) is 10.7. The Bertz CT molecular complexity index is 831. The third-order valence-electron chi connectivity index (χ3n) is 5.63. The van der Waals surface area contributed by atoms with Crippen LogP contribution in [-0.4, -0.2) is 90.4 Å². The first-order valence-corrected chi connectivity index (χ1v) is 12.1. The number of carbonyl (C=O) groups is 6. The van der Waals surface area contributed by atoms with Gasteiger partial charge in [-0.05, 0) is 52.5 Å². The highest BCUT2D eigenvalue weighted by Gasteiger charge is 2.30. The first-order valence-electron chi connectivity index (χ1n) is 12.1. The van der Waals surface area contributed by atoms with Gasteiger partial charge in [0.05, 0.1) is 17.8 Å². The number of carbonyl (C=O) groups excluding carboxylic acids is 6. The van der Waals surface area contributed by atoms with E-state index < -0.39 is 47.6 Å². The number of rotatable bonds is 17. The summed E-state index contributed by atoms with van der Waals surface area (Å²) in [5.74, 6) is -2.56. The molecular weight excluding hydrogens is 469 g/mol. The van der Waals surface area contributed by atoms with Gasteiger partial charge in [-0.3, -0.25) is 28.9 Å². The highest BCUT2D eigenvalue weighted by atomic mass is 16.3. The Kier molecular flexibility index (Phi) is 13.6. The zero-order valence-corrected chi connectivity index (χ0v) is 20.8. The Morgan fingerprint density at radius 3 is 2.14 bits per heavy atom. The molecule has 4 atom stereocenters. The van der Waals surface area contributed by atoms with Gasteiger partial charge in [-0.1, -0.05) is 6.42 Å². The molecule has 0 aromatic rings. The minimum absolute atomic E-state index is 0.0627. The van der Waals surface area contributed by atoms with Crippen molar-refractivity contribution in [3.63, 3.8) is 0 Å². The van der Waals surface area contributed by atoms with E-state index in [4.69, 9.17) is 13.6 Å². The first kappa shape index (κ1) is 31.0. The normalized spacial score (nSPS) is 16.3. The van der Waals surface area contributed by atoms with Crippen molar-refractivity contribution in [1.82, 2.24) is 20.9 Å². The lowest BCUT2D eigenvalue weighted by molar-refractivity contribution is -0.137. The monoisotopic (exact) mass is 505 g/mol. The van der Waals surface area contributed by atoms with Crippen LogP contribution in [0.4, 0.5) is 0 Å². The summed E-state index contributed by atoms with van der Waals surface area (Å²) in [6, 6.07) is -3.27. The maximum absolute atomic E-state index is 12.8. The number of aliphatic hydroxyl groups is 1. The molecule has 6 N–H and O–H groups in total. The smallest absolute Gasteiger partial charge is 0.253 e. The van der Waals surface area contributed by atoms with Gasteiger partial charge in [0, 0.05) is 25.1 Å². The van der Waals surface area contributed by atoms with Crippen LogP contribution in [0.15, 0.2) is 12.2 Å². The molecule has 0 saturated carbocycles. The molecule has 5 amide bonds. The van der Waals surface area contributed by atoms with Crippen LogP contribution < -0.4 is 21.7 Å². The Morgan fingerprint density at radius 2 is 1.58 bits per heavy atom. The minimum atomic E-state index is -1.30. The fraction of sp³-hybridized carbons (Fsp3) is 0.652. The number of nitrogens with two attached hydrogens (primary N) is 1. The van der Waals surface area contributed by atoms with Crippen LogP contribution in [0.1, 0.15) is 58.8 Å². The SMILES string of the molecule is [B]C(=O)[C@H](C)NC(=O)[C@H](CCCCN)NC(=O)[C@@H](NC(=O)CCCCCN1C(=O)C=CC1=O)[C@@H](C)O. The van der Waals surface area contributed by atoms with Crippen molar-refractivity contribution in [2.24, 2.45) is 5.73 Å². The second-order valence-corrected chi connectivity index (χ2v) is 8.74. The largest absolute Gasteiger partial charge is 0.391 e. The molecule has 12 nitrogen and oxygen atoms in total. The molecule has 1 aliphatic heterocycles. The zero-order chi connectivity index (χ0) is 27.3. The van der Waals surface area contributed by atoms with Crippen molar-refractivity contribution in [3.8, 4) is 0 Å². The van der Waals surface area contributed by atoms with Gasteiger partial charge in [-0.2, -0.15) is 0 Å². The molecular formula is C23H36BN5O7. The van der Waals surface area contributed by atoms with Crippen LogP contribution in [0, 0.1) is 0 Å². The Balaban J connectivity index is 2.59. The van der Waals surface area contributed by atoms with E-state index in [1.807, 2.05) is 0 Å². The van der Waals surface area contributed by atoms with Gasteiger partial charge in [0.15, 0.2) is 7.85 Å². The molecule has 0 aliphatic carbocycles. The predicted octanol–water partition coefficient (Wildman–Crippen LogP) is -1.85. The summed E-state index contributed by atoms with van der Waals surface area (Å²) >= 11 is 0. The Morgan fingerprint density at radius 1 is 0.944 bits per heavy atom. The molecule has 0 aromatic carbocycles. The molecule has 0 aromatic heterocycles. The van der Waals surface area contributed by atoms with Crippen molar-refractivity contribution < 1.29 is 33.9 Å². The van der Waals surface area contributed by atoms with E-state index in [1.165, 1.54) is 26.0 Å². The summed E-state index contributed by atoms with van der Waals surface area (Å²) in [6.45, 7) is 3.40. The summed E-state index contributed by atoms with van der Waals surface area (Å²) in [5, 5.41) is 17.5. The van der Waals surface area contributed by atoms with E-state index in [0.717, 1.165) is 4.90 Å². The Labute approximate surface area is 212 Å². The number of hydrogen-bond donors (Lipinski definition) is 5. The summed E-state index contributed by atoms with van der Waals surface area (Å²) in [7, 11) is 5.18. The number of nitrogens with zero attached hydrogens (tertiary/aromatic N) is 1. The Hall–Kier alpha value is -3.06. The molecule has 0 spiro atoms. The first-order chi connectivity index (χ1) is 17.0. The molecule has 13 heteroatoms. The predicted molar refractivity (Wildman–Crippen MR) is 131 cm³/mol. The van der Waals surface area contributed by atoms with Crippen molar-refractivity contribution in [2.45, 2.75) is 83.0 Å². The second-order valence-electron chi connectivity index (χ2n) is 8.74. The quantitative estimate of drug-likeness (QED) is 0.0865. The molecule has 1 heterocycles. The lowest BCUT2D eigenvalue weighted by Crippen LogP contribution is -2.58. The second kappa shape index (κ2) is 15.8. The lowest BCUT2D eigenvalue weighted by Gasteiger charge is -2.25. The molecule has 0 unspecified atom stereocenters. The molecule has 0 bridgehead atoms. The molecule has 0 fully saturated rings. The summed E-state index contributed by atoms with van der Waals surface area (Å²) in [6.07, 6.45) is 4.14. The minimum Gasteiger partial charge on any atom is -0.391 e. The fourth-order valence-corrected chi connectivity index (χ4v) is 3.44. The van der Waals surface area contributed by atoms with Crippen LogP contribution in [-0.2, 0) is 28.8 Å². The van der Waals surface area contributed by atoms with Crippen molar-refractivity contribution in [2.75, 3.05) is 13.1 Å². The highest BCUT2D eigenvalue weighted by molar-refractivity contribution is 6.59. The summed E-state index contributed by atoms with van der Waals surface area (Å²) in [5.41, 5.74) is 4.76. The van der Waals surface area contributed by atoms with Gasteiger partial charge >= 0.3 is 0 Å². The van der Waals surface area contributed by atoms with Crippen molar-refractivity contribution in [3.05, 3.63) is 12.2 Å². The van der Waals surface area contributed by atoms with Crippen LogP contribution in [0.25, 0.3) is 0 Å². The van der Waals surface area contributed by atoms with Crippen LogP contribution >= 0.6 is 0 Å². The van der Waals surface area contributed by atoms with Crippen LogP contribution in [0.3, 0.4) is 0 Å². The lowest BCUT2D eigenvalue weighted by atomic mass is 9.96. The molecule has 1 aliphatic rings. The number of amides is 5. The molecule has 198 valence electrons. The van der Waals surface area contributed by atoms with E-state index in [9.17, 15) is 33.9 Å². The molecule has 2 radical (unpaired) electrons. The molecule has 1 rings (SSSR count). The van der Waals surface area contributed by atoms with E-state index >= 15 is 0 Å². The van der Waals surface area contributed by atoms with Gasteiger partial charge < -0.3 is 31.6 Å². The third-order valence-corrected chi connectivity index (χ3v) is 5.63. The average Bonchev–Trinajstić information content (AvgIpc) is 3.13. The summed E-state index contributed by atoms with van der Waals surface area (Å²) in [4.78, 5) is 73.2. The average molecular weight is 505 g/mol. The molecule has 36 heavy (non-hydrogen) atoms. The zero-order valence-electron chi connectivity index (χ0n) is 20.8. The van der Waals surface area contributed by atoms with E-state index in [1.54, 1.807) is 0 Å².